The number of aromatic nitrogens is 2. The zero-order valence-corrected chi connectivity index (χ0v) is 25.8. The summed E-state index contributed by atoms with van der Waals surface area (Å²) >= 11 is 1.33. The van der Waals surface area contributed by atoms with Gasteiger partial charge in [-0.3, -0.25) is 0 Å². The summed E-state index contributed by atoms with van der Waals surface area (Å²) in [5, 5.41) is 0. The van der Waals surface area contributed by atoms with Crippen LogP contribution in [0.5, 0.6) is 0 Å². The van der Waals surface area contributed by atoms with E-state index < -0.39 is 0 Å². The normalized spacial score (nSPS) is 17.8. The smallest absolute Gasteiger partial charge is 0.112 e. The van der Waals surface area contributed by atoms with Crippen molar-refractivity contribution in [1.82, 2.24) is 8.75 Å². The number of rotatable bonds is 12. The van der Waals surface area contributed by atoms with Gasteiger partial charge >= 0.3 is 0 Å². The lowest BCUT2D eigenvalue weighted by Crippen LogP contribution is -2.31. The third kappa shape index (κ3) is 5.20. The second-order valence-corrected chi connectivity index (χ2v) is 12.7. The first-order valence-corrected chi connectivity index (χ1v) is 16.2. The number of hydrogen-bond acceptors (Lipinski definition) is 3. The molecule has 0 bridgehead atoms. The number of nitrogens with zero attached hydrogens (tertiary/aromatic N) is 2. The summed E-state index contributed by atoms with van der Waals surface area (Å²) in [5.41, 5.74) is 13.3. The summed E-state index contributed by atoms with van der Waals surface area (Å²) in [6, 6.07) is 19.0. The topological polar surface area (TPSA) is 25.8 Å². The molecule has 0 N–H and O–H groups in total. The van der Waals surface area contributed by atoms with Crippen molar-refractivity contribution >= 4 is 22.8 Å². The third-order valence-electron chi connectivity index (χ3n) is 9.54. The van der Waals surface area contributed by atoms with Crippen LogP contribution < -0.4 is 0 Å². The molecule has 3 aromatic carbocycles. The summed E-state index contributed by atoms with van der Waals surface area (Å²) in [7, 11) is 0. The minimum absolute atomic E-state index is 0.0566. The van der Waals surface area contributed by atoms with Crippen molar-refractivity contribution in [2.45, 2.75) is 105 Å². The van der Waals surface area contributed by atoms with Gasteiger partial charge in [0.2, 0.25) is 0 Å². The predicted octanol–water partition coefficient (Wildman–Crippen LogP) is 11.1. The molecule has 4 aromatic rings. The Morgan fingerprint density at radius 1 is 0.692 bits per heavy atom. The molecule has 3 heteroatoms. The van der Waals surface area contributed by atoms with Gasteiger partial charge in [0.25, 0.3) is 0 Å². The van der Waals surface area contributed by atoms with Crippen molar-refractivity contribution in [3.8, 4) is 22.3 Å². The molecule has 39 heavy (non-hydrogen) atoms. The molecule has 3 unspecified atom stereocenters. The second-order valence-electron chi connectivity index (χ2n) is 12.2. The minimum atomic E-state index is 0.0566. The van der Waals surface area contributed by atoms with Crippen LogP contribution in [0, 0.1) is 25.7 Å². The number of benzene rings is 3. The Bertz CT molecular complexity index is 1430. The van der Waals surface area contributed by atoms with Crippen LogP contribution in [0.4, 0.5) is 0 Å². The van der Waals surface area contributed by atoms with E-state index in [1.54, 1.807) is 11.1 Å². The third-order valence-corrected chi connectivity index (χ3v) is 10.1. The Labute approximate surface area is 240 Å². The van der Waals surface area contributed by atoms with Crippen LogP contribution in [0.1, 0.15) is 108 Å². The first-order valence-electron chi connectivity index (χ1n) is 15.4. The van der Waals surface area contributed by atoms with Crippen molar-refractivity contribution in [1.29, 1.82) is 0 Å². The molecule has 0 spiro atoms. The van der Waals surface area contributed by atoms with Crippen molar-refractivity contribution < 1.29 is 0 Å². The molecule has 0 fully saturated rings. The molecule has 1 heterocycles. The fourth-order valence-corrected chi connectivity index (χ4v) is 7.93. The van der Waals surface area contributed by atoms with E-state index in [4.69, 9.17) is 4.37 Å². The summed E-state index contributed by atoms with van der Waals surface area (Å²) in [4.78, 5) is 0. The van der Waals surface area contributed by atoms with Gasteiger partial charge < -0.3 is 0 Å². The average Bonchev–Trinajstić information content (AvgIpc) is 3.54. The van der Waals surface area contributed by atoms with Gasteiger partial charge in [0.15, 0.2) is 0 Å². The molecule has 0 saturated heterocycles. The van der Waals surface area contributed by atoms with E-state index in [0.29, 0.717) is 0 Å². The fourth-order valence-electron chi connectivity index (χ4n) is 7.31. The zero-order valence-electron chi connectivity index (χ0n) is 24.9. The molecule has 0 radical (unpaired) electrons. The van der Waals surface area contributed by atoms with Crippen LogP contribution in [-0.2, 0) is 5.41 Å². The van der Waals surface area contributed by atoms with Crippen LogP contribution in [0.3, 0.4) is 0 Å². The van der Waals surface area contributed by atoms with E-state index in [1.807, 2.05) is 0 Å². The first kappa shape index (κ1) is 28.0. The quantitative estimate of drug-likeness (QED) is 0.179. The highest BCUT2D eigenvalue weighted by atomic mass is 32.1. The van der Waals surface area contributed by atoms with Crippen LogP contribution in [-0.4, -0.2) is 8.75 Å². The minimum Gasteiger partial charge on any atom is -0.173 e. The SMILES string of the molecule is CCCCC(CC)CC1(CC(CC)CCC)c2cc(C)ccc2-c2ccc(-c3ccc(C)c4nsnc34)cc21. The lowest BCUT2D eigenvalue weighted by molar-refractivity contribution is 0.267. The molecule has 2 nitrogen and oxygen atoms in total. The Morgan fingerprint density at radius 2 is 1.33 bits per heavy atom. The summed E-state index contributed by atoms with van der Waals surface area (Å²) in [5.74, 6) is 1.47. The van der Waals surface area contributed by atoms with Gasteiger partial charge in [-0.1, -0.05) is 121 Å². The zero-order chi connectivity index (χ0) is 27.6. The van der Waals surface area contributed by atoms with E-state index >= 15 is 0 Å². The molecule has 0 amide bonds. The van der Waals surface area contributed by atoms with Crippen molar-refractivity contribution in [2.24, 2.45) is 11.8 Å². The molecule has 0 aliphatic heterocycles. The Hall–Kier alpha value is -2.52. The van der Waals surface area contributed by atoms with Crippen LogP contribution in [0.2, 0.25) is 0 Å². The van der Waals surface area contributed by atoms with Gasteiger partial charge in [0.05, 0.1) is 11.7 Å². The number of unbranched alkanes of at least 4 members (excludes halogenated alkanes) is 1. The summed E-state index contributed by atoms with van der Waals surface area (Å²) < 4.78 is 9.38. The second kappa shape index (κ2) is 11.9. The van der Waals surface area contributed by atoms with Crippen molar-refractivity contribution in [2.75, 3.05) is 0 Å². The fraction of sp³-hybridized carbons (Fsp3) is 0.500. The number of aryl methyl sites for hydroxylation is 2. The van der Waals surface area contributed by atoms with Gasteiger partial charge in [-0.25, -0.2) is 0 Å². The molecule has 0 saturated carbocycles. The lowest BCUT2D eigenvalue weighted by atomic mass is 9.65. The Kier molecular flexibility index (Phi) is 8.57. The maximum atomic E-state index is 4.75. The van der Waals surface area contributed by atoms with Crippen molar-refractivity contribution in [3.05, 3.63) is 70.8 Å². The monoisotopic (exact) mass is 538 g/mol. The molecule has 3 atom stereocenters. The van der Waals surface area contributed by atoms with Gasteiger partial charge in [-0.2, -0.15) is 8.75 Å². The highest BCUT2D eigenvalue weighted by Gasteiger charge is 2.45. The molecule has 206 valence electrons. The molecule has 1 aliphatic rings. The molecule has 1 aromatic heterocycles. The number of hydrogen-bond donors (Lipinski definition) is 0. The Balaban J connectivity index is 1.73. The van der Waals surface area contributed by atoms with E-state index in [1.165, 1.54) is 103 Å². The van der Waals surface area contributed by atoms with E-state index in [-0.39, 0.29) is 5.41 Å². The maximum absolute atomic E-state index is 4.75. The molecule has 5 rings (SSSR count). The van der Waals surface area contributed by atoms with Crippen LogP contribution in [0.15, 0.2) is 48.5 Å². The van der Waals surface area contributed by atoms with Crippen molar-refractivity contribution in [3.63, 3.8) is 0 Å². The van der Waals surface area contributed by atoms with E-state index in [0.717, 1.165) is 22.9 Å². The van der Waals surface area contributed by atoms with Gasteiger partial charge in [0, 0.05) is 11.0 Å². The summed E-state index contributed by atoms with van der Waals surface area (Å²) in [6.07, 6.45) is 11.5. The largest absolute Gasteiger partial charge is 0.173 e. The highest BCUT2D eigenvalue weighted by molar-refractivity contribution is 7.00. The highest BCUT2D eigenvalue weighted by Crippen LogP contribution is 2.57. The number of fused-ring (bicyclic) bond motifs is 4. The van der Waals surface area contributed by atoms with Gasteiger partial charge in [-0.15, -0.1) is 0 Å². The lowest BCUT2D eigenvalue weighted by Gasteiger charge is -2.39. The first-order chi connectivity index (χ1) is 18.9. The predicted molar refractivity (Wildman–Crippen MR) is 170 cm³/mol. The van der Waals surface area contributed by atoms with Gasteiger partial charge in [0.1, 0.15) is 11.0 Å². The summed E-state index contributed by atoms with van der Waals surface area (Å²) in [6.45, 7) is 13.9. The van der Waals surface area contributed by atoms with E-state index in [9.17, 15) is 0 Å². The molecular weight excluding hydrogens is 492 g/mol. The van der Waals surface area contributed by atoms with E-state index in [2.05, 4.69) is 94.4 Å². The Morgan fingerprint density at radius 3 is 2.03 bits per heavy atom. The van der Waals surface area contributed by atoms with Crippen LogP contribution >= 0.6 is 11.7 Å². The van der Waals surface area contributed by atoms with Crippen LogP contribution in [0.25, 0.3) is 33.3 Å². The standard InChI is InChI=1S/C36H46N2S/c1-7-11-13-27(10-4)23-36(22-26(9-3)12-8-2)32-20-24(5)14-17-30(32)31-19-16-28(21-33(31)36)29-18-15-25(6)34-35(29)38-39-37-34/h14-21,26-27H,7-13,22-23H2,1-6H3. The maximum Gasteiger partial charge on any atom is 0.112 e. The molecular formula is C36H46N2S. The average molecular weight is 539 g/mol. The molecule has 1 aliphatic carbocycles. The van der Waals surface area contributed by atoms with Gasteiger partial charge in [-0.05, 0) is 78.0 Å².